The normalized spacial score (nSPS) is 11.3. The zero-order valence-electron chi connectivity index (χ0n) is 13.6. The van der Waals surface area contributed by atoms with Gasteiger partial charge in [0.15, 0.2) is 5.76 Å². The molecule has 1 aromatic heterocycles. The van der Waals surface area contributed by atoms with Gasteiger partial charge in [0.05, 0.1) is 22.2 Å². The van der Waals surface area contributed by atoms with Crippen LogP contribution in [0.3, 0.4) is 0 Å². The smallest absolute Gasteiger partial charge is 0.291 e. The predicted molar refractivity (Wildman–Crippen MR) is 98.2 cm³/mol. The monoisotopic (exact) mass is 397 g/mol. The number of ether oxygens (including phenoxy) is 1. The number of alkyl halides is 2. The minimum absolute atomic E-state index is 0.0704. The first-order valence-electron chi connectivity index (χ1n) is 7.55. The molecular formula is C18H14ClF2NO3S. The fraction of sp³-hybridized carbons (Fsp3) is 0.167. The summed E-state index contributed by atoms with van der Waals surface area (Å²) in [6.07, 6.45) is 0. The van der Waals surface area contributed by atoms with Crippen molar-refractivity contribution in [1.29, 1.82) is 0 Å². The number of carbonyl (C=O) groups is 1. The largest absolute Gasteiger partial charge is 0.451 e. The van der Waals surface area contributed by atoms with Crippen molar-refractivity contribution in [2.75, 3.05) is 12.4 Å². The van der Waals surface area contributed by atoms with E-state index in [1.807, 2.05) is 12.1 Å². The second kappa shape index (κ2) is 8.07. The average Bonchev–Trinajstić information content (AvgIpc) is 2.97. The molecule has 26 heavy (non-hydrogen) atoms. The molecule has 0 aliphatic rings. The van der Waals surface area contributed by atoms with E-state index < -0.39 is 11.7 Å². The molecule has 0 unspecified atom stereocenters. The van der Waals surface area contributed by atoms with Crippen LogP contribution >= 0.6 is 23.4 Å². The Morgan fingerprint density at radius 3 is 2.77 bits per heavy atom. The molecule has 1 heterocycles. The average molecular weight is 398 g/mol. The van der Waals surface area contributed by atoms with Crippen LogP contribution in [-0.2, 0) is 11.3 Å². The summed E-state index contributed by atoms with van der Waals surface area (Å²) in [6, 6.07) is 11.7. The molecule has 1 amide bonds. The number of hydrogen-bond acceptors (Lipinski definition) is 4. The molecule has 0 atom stereocenters. The quantitative estimate of drug-likeness (QED) is 0.534. The molecule has 0 saturated heterocycles. The lowest BCUT2D eigenvalue weighted by molar-refractivity contribution is 0.0992. The summed E-state index contributed by atoms with van der Waals surface area (Å²) < 4.78 is 36.4. The van der Waals surface area contributed by atoms with Crippen LogP contribution in [0, 0.1) is 0 Å². The van der Waals surface area contributed by atoms with Gasteiger partial charge < -0.3 is 14.5 Å². The Balaban J connectivity index is 1.98. The number of methoxy groups -OCH3 is 1. The molecule has 3 aromatic rings. The van der Waals surface area contributed by atoms with Gasteiger partial charge in [0.25, 0.3) is 11.7 Å². The molecule has 0 saturated carbocycles. The van der Waals surface area contributed by atoms with E-state index in [0.717, 1.165) is 5.39 Å². The van der Waals surface area contributed by atoms with Crippen LogP contribution < -0.4 is 5.32 Å². The van der Waals surface area contributed by atoms with Crippen LogP contribution in [0.5, 0.6) is 0 Å². The van der Waals surface area contributed by atoms with Gasteiger partial charge in [-0.25, -0.2) is 0 Å². The lowest BCUT2D eigenvalue weighted by Gasteiger charge is -2.11. The first-order valence-corrected chi connectivity index (χ1v) is 8.81. The maximum Gasteiger partial charge on any atom is 0.291 e. The first kappa shape index (κ1) is 18.7. The number of hydrogen-bond donors (Lipinski definition) is 1. The zero-order valence-corrected chi connectivity index (χ0v) is 15.2. The number of amides is 1. The lowest BCUT2D eigenvalue weighted by Crippen LogP contribution is -2.14. The van der Waals surface area contributed by atoms with E-state index in [9.17, 15) is 13.6 Å². The summed E-state index contributed by atoms with van der Waals surface area (Å²) in [5.41, 5.74) is 1.32. The van der Waals surface area contributed by atoms with E-state index in [1.54, 1.807) is 18.2 Å². The highest BCUT2D eigenvalue weighted by Gasteiger charge is 2.22. The molecule has 136 valence electrons. The van der Waals surface area contributed by atoms with Gasteiger partial charge in [-0.3, -0.25) is 4.79 Å². The molecule has 0 spiro atoms. The number of nitrogens with one attached hydrogen (secondary N) is 1. The Morgan fingerprint density at radius 1 is 1.27 bits per heavy atom. The van der Waals surface area contributed by atoms with Crippen LogP contribution in [0.15, 0.2) is 51.8 Å². The van der Waals surface area contributed by atoms with Gasteiger partial charge in [-0.15, -0.1) is 0 Å². The van der Waals surface area contributed by atoms with E-state index in [0.29, 0.717) is 11.1 Å². The molecule has 2 aromatic carbocycles. The Kier molecular flexibility index (Phi) is 5.80. The summed E-state index contributed by atoms with van der Waals surface area (Å²) in [7, 11) is 1.51. The molecular weight excluding hydrogens is 384 g/mol. The van der Waals surface area contributed by atoms with Crippen molar-refractivity contribution in [2.45, 2.75) is 17.3 Å². The topological polar surface area (TPSA) is 51.5 Å². The SMILES string of the molecule is COCc1c(C(=O)Nc2cccc(Cl)c2SC(F)F)oc2ccccc12. The van der Waals surface area contributed by atoms with Crippen molar-refractivity contribution < 1.29 is 22.7 Å². The summed E-state index contributed by atoms with van der Waals surface area (Å²) in [4.78, 5) is 12.8. The predicted octanol–water partition coefficient (Wildman–Crippen LogP) is 5.80. The van der Waals surface area contributed by atoms with Crippen LogP contribution in [0.4, 0.5) is 14.5 Å². The highest BCUT2D eigenvalue weighted by atomic mass is 35.5. The lowest BCUT2D eigenvalue weighted by atomic mass is 10.1. The fourth-order valence-corrected chi connectivity index (χ4v) is 3.48. The van der Waals surface area contributed by atoms with Crippen molar-refractivity contribution in [2.24, 2.45) is 0 Å². The highest BCUT2D eigenvalue weighted by Crippen LogP contribution is 2.38. The van der Waals surface area contributed by atoms with E-state index in [2.05, 4.69) is 5.32 Å². The van der Waals surface area contributed by atoms with Gasteiger partial charge in [0.1, 0.15) is 5.58 Å². The third-order valence-corrected chi connectivity index (χ3v) is 4.90. The molecule has 0 fully saturated rings. The molecule has 0 bridgehead atoms. The maximum absolute atomic E-state index is 12.8. The van der Waals surface area contributed by atoms with Crippen molar-refractivity contribution >= 4 is 45.9 Å². The van der Waals surface area contributed by atoms with Crippen LogP contribution in [-0.4, -0.2) is 18.8 Å². The number of fused-ring (bicyclic) bond motifs is 1. The number of para-hydroxylation sites is 1. The molecule has 3 rings (SSSR count). The van der Waals surface area contributed by atoms with Crippen molar-refractivity contribution in [3.63, 3.8) is 0 Å². The van der Waals surface area contributed by atoms with Gasteiger partial charge in [-0.05, 0) is 18.2 Å². The second-order valence-corrected chi connectivity index (χ2v) is 6.70. The number of rotatable bonds is 6. The Labute approximate surface area is 157 Å². The van der Waals surface area contributed by atoms with Crippen molar-refractivity contribution in [3.05, 3.63) is 58.8 Å². The summed E-state index contributed by atoms with van der Waals surface area (Å²) in [6.45, 7) is 0.175. The van der Waals surface area contributed by atoms with Gasteiger partial charge in [-0.1, -0.05) is 47.6 Å². The second-order valence-electron chi connectivity index (χ2n) is 5.29. The van der Waals surface area contributed by atoms with E-state index in [4.69, 9.17) is 20.8 Å². The van der Waals surface area contributed by atoms with Crippen molar-refractivity contribution in [3.8, 4) is 0 Å². The zero-order chi connectivity index (χ0) is 18.7. The Morgan fingerprint density at radius 2 is 2.04 bits per heavy atom. The molecule has 0 aliphatic carbocycles. The highest BCUT2D eigenvalue weighted by molar-refractivity contribution is 7.99. The van der Waals surface area contributed by atoms with E-state index in [1.165, 1.54) is 19.2 Å². The van der Waals surface area contributed by atoms with Gasteiger partial charge in [0, 0.05) is 18.1 Å². The van der Waals surface area contributed by atoms with Crippen molar-refractivity contribution in [1.82, 2.24) is 0 Å². The molecule has 8 heteroatoms. The molecule has 0 aliphatic heterocycles. The summed E-state index contributed by atoms with van der Waals surface area (Å²) >= 11 is 6.27. The van der Waals surface area contributed by atoms with Gasteiger partial charge in [-0.2, -0.15) is 8.78 Å². The number of benzene rings is 2. The number of carbonyl (C=O) groups excluding carboxylic acids is 1. The van der Waals surface area contributed by atoms with Crippen LogP contribution in [0.25, 0.3) is 11.0 Å². The Hall–Kier alpha value is -2.09. The number of thioether (sulfide) groups is 1. The third kappa shape index (κ3) is 3.85. The van der Waals surface area contributed by atoms with E-state index >= 15 is 0 Å². The number of halogens is 3. The van der Waals surface area contributed by atoms with E-state index in [-0.39, 0.29) is 39.7 Å². The third-order valence-electron chi connectivity index (χ3n) is 3.62. The van der Waals surface area contributed by atoms with Crippen LogP contribution in [0.1, 0.15) is 16.1 Å². The molecule has 4 nitrogen and oxygen atoms in total. The maximum atomic E-state index is 12.8. The van der Waals surface area contributed by atoms with Gasteiger partial charge in [0.2, 0.25) is 0 Å². The standard InChI is InChI=1S/C18H14ClF2NO3S/c1-24-9-11-10-5-2-3-8-14(10)25-15(11)17(23)22-13-7-4-6-12(19)16(13)26-18(20)21/h2-8,18H,9H2,1H3,(H,22,23). The van der Waals surface area contributed by atoms with Crippen LogP contribution in [0.2, 0.25) is 5.02 Å². The Bertz CT molecular complexity index is 945. The first-order chi connectivity index (χ1) is 12.5. The minimum atomic E-state index is -2.67. The number of anilines is 1. The number of furan rings is 1. The van der Waals surface area contributed by atoms with Gasteiger partial charge >= 0.3 is 0 Å². The summed E-state index contributed by atoms with van der Waals surface area (Å²) in [5, 5.41) is 3.50. The minimum Gasteiger partial charge on any atom is -0.451 e. The molecule has 1 N–H and O–H groups in total. The summed E-state index contributed by atoms with van der Waals surface area (Å²) in [5.74, 6) is -3.16. The molecule has 0 radical (unpaired) electrons. The fourth-order valence-electron chi connectivity index (χ4n) is 2.57.